The van der Waals surface area contributed by atoms with E-state index in [1.165, 1.54) is 0 Å². The third-order valence-electron chi connectivity index (χ3n) is 7.02. The number of hydrazine groups is 1. The van der Waals surface area contributed by atoms with Crippen molar-refractivity contribution in [2.75, 3.05) is 29.4 Å². The average molecular weight is 542 g/mol. The van der Waals surface area contributed by atoms with Crippen molar-refractivity contribution in [2.45, 2.75) is 53.4 Å². The van der Waals surface area contributed by atoms with Crippen LogP contribution in [0.5, 0.6) is 5.75 Å². The van der Waals surface area contributed by atoms with Crippen LogP contribution in [-0.4, -0.2) is 20.1 Å². The quantitative estimate of drug-likeness (QED) is 0.156. The number of anilines is 3. The first kappa shape index (κ1) is 30.3. The zero-order valence-electron chi connectivity index (χ0n) is 25.0. The number of aryl methyl sites for hydroxylation is 1. The van der Waals surface area contributed by atoms with Crippen LogP contribution in [0.1, 0.15) is 62.5 Å². The van der Waals surface area contributed by atoms with Gasteiger partial charge in [-0.25, -0.2) is 5.84 Å². The molecule has 1 amide bonds. The van der Waals surface area contributed by atoms with Crippen molar-refractivity contribution in [3.63, 3.8) is 0 Å². The summed E-state index contributed by atoms with van der Waals surface area (Å²) in [5.74, 6) is 6.84. The summed E-state index contributed by atoms with van der Waals surface area (Å²) in [7, 11) is 3.52. The first-order chi connectivity index (χ1) is 18.9. The summed E-state index contributed by atoms with van der Waals surface area (Å²) in [6.07, 6.45) is 2.58. The third kappa shape index (κ3) is 7.04. The molecule has 0 aliphatic rings. The Morgan fingerprint density at radius 1 is 1.05 bits per heavy atom. The number of ether oxygens (including phenoxy) is 1. The molecular formula is C33H43N5O2. The molecule has 0 atom stereocenters. The van der Waals surface area contributed by atoms with Crippen molar-refractivity contribution in [1.82, 2.24) is 0 Å². The fourth-order valence-electron chi connectivity index (χ4n) is 4.50. The van der Waals surface area contributed by atoms with Gasteiger partial charge in [-0.2, -0.15) is 0 Å². The van der Waals surface area contributed by atoms with E-state index in [-0.39, 0.29) is 11.3 Å². The Morgan fingerprint density at radius 3 is 2.33 bits per heavy atom. The van der Waals surface area contributed by atoms with Crippen LogP contribution in [0.3, 0.4) is 0 Å². The molecule has 5 N–H and O–H groups in total. The fraction of sp³-hybridized carbons (Fsp3) is 0.303. The van der Waals surface area contributed by atoms with E-state index >= 15 is 0 Å². The third-order valence-corrected chi connectivity index (χ3v) is 7.02. The van der Waals surface area contributed by atoms with Crippen molar-refractivity contribution >= 4 is 23.0 Å². The molecule has 3 aromatic carbocycles. The van der Waals surface area contributed by atoms with E-state index in [9.17, 15) is 4.79 Å². The van der Waals surface area contributed by atoms with E-state index in [4.69, 9.17) is 16.3 Å². The van der Waals surface area contributed by atoms with Gasteiger partial charge < -0.3 is 20.7 Å². The van der Waals surface area contributed by atoms with Crippen LogP contribution in [-0.2, 0) is 5.41 Å². The Kier molecular flexibility index (Phi) is 9.66. The molecule has 3 rings (SSSR count). The van der Waals surface area contributed by atoms with Crippen LogP contribution in [0.4, 0.5) is 17.1 Å². The minimum Gasteiger partial charge on any atom is -0.495 e. The standard InChI is InChI=1S/C33H43N5O2/c1-9-29(38(35)26-13-11-10-12-14-26)23(3)27(34)21-37(7)30-19-24(16-15-22(30)2)32(39)36-28-20-25(33(4,5)6)17-18-31(28)40-8/h10-21H,9,34-35H2,1-8H3,(H,36,39)/b27-21-,29-23+. The van der Waals surface area contributed by atoms with Gasteiger partial charge in [-0.15, -0.1) is 0 Å². The Labute approximate surface area is 239 Å². The van der Waals surface area contributed by atoms with Gasteiger partial charge in [-0.05, 0) is 78.8 Å². The molecule has 0 bridgehead atoms. The molecule has 0 aliphatic carbocycles. The van der Waals surface area contributed by atoms with Crippen LogP contribution in [0, 0.1) is 6.92 Å². The number of hydrogen-bond acceptors (Lipinski definition) is 6. The maximum Gasteiger partial charge on any atom is 0.255 e. The van der Waals surface area contributed by atoms with E-state index < -0.39 is 0 Å². The number of rotatable bonds is 9. The highest BCUT2D eigenvalue weighted by Crippen LogP contribution is 2.32. The summed E-state index contributed by atoms with van der Waals surface area (Å²) in [4.78, 5) is 15.3. The number of allylic oxidation sites excluding steroid dienone is 2. The normalized spacial score (nSPS) is 12.5. The summed E-state index contributed by atoms with van der Waals surface area (Å²) >= 11 is 0. The summed E-state index contributed by atoms with van der Waals surface area (Å²) < 4.78 is 5.51. The van der Waals surface area contributed by atoms with Crippen molar-refractivity contribution in [2.24, 2.45) is 11.6 Å². The van der Waals surface area contributed by atoms with Crippen LogP contribution in [0.15, 0.2) is 89.9 Å². The number of para-hydroxylation sites is 1. The van der Waals surface area contributed by atoms with Crippen LogP contribution >= 0.6 is 0 Å². The summed E-state index contributed by atoms with van der Waals surface area (Å²) in [6.45, 7) is 12.4. The van der Waals surface area contributed by atoms with Gasteiger partial charge >= 0.3 is 0 Å². The van der Waals surface area contributed by atoms with Gasteiger partial charge in [-0.3, -0.25) is 9.80 Å². The summed E-state index contributed by atoms with van der Waals surface area (Å²) in [6, 6.07) is 21.3. The van der Waals surface area contributed by atoms with Gasteiger partial charge in [0.2, 0.25) is 0 Å². The molecule has 0 fully saturated rings. The maximum absolute atomic E-state index is 13.3. The zero-order chi connectivity index (χ0) is 29.6. The van der Waals surface area contributed by atoms with Crippen molar-refractivity contribution in [3.8, 4) is 5.75 Å². The molecular weight excluding hydrogens is 498 g/mol. The predicted molar refractivity (Wildman–Crippen MR) is 168 cm³/mol. The monoisotopic (exact) mass is 541 g/mol. The van der Waals surface area contributed by atoms with E-state index in [0.717, 1.165) is 33.8 Å². The van der Waals surface area contributed by atoms with E-state index in [2.05, 4.69) is 33.0 Å². The molecule has 3 aromatic rings. The van der Waals surface area contributed by atoms with Gasteiger partial charge in [0.15, 0.2) is 0 Å². The topological polar surface area (TPSA) is 96.8 Å². The molecule has 0 saturated heterocycles. The highest BCUT2D eigenvalue weighted by Gasteiger charge is 2.18. The summed E-state index contributed by atoms with van der Waals surface area (Å²) in [5.41, 5.74) is 13.9. The minimum absolute atomic E-state index is 0.0655. The second-order valence-corrected chi connectivity index (χ2v) is 10.9. The Bertz CT molecular complexity index is 1400. The molecule has 7 nitrogen and oxygen atoms in total. The van der Waals surface area contributed by atoms with Gasteiger partial charge in [0.25, 0.3) is 5.91 Å². The average Bonchev–Trinajstić information content (AvgIpc) is 2.93. The van der Waals surface area contributed by atoms with Crippen LogP contribution in [0.2, 0.25) is 0 Å². The zero-order valence-corrected chi connectivity index (χ0v) is 25.0. The number of nitrogens with one attached hydrogen (secondary N) is 1. The molecule has 0 aliphatic heterocycles. The highest BCUT2D eigenvalue weighted by atomic mass is 16.5. The molecule has 212 valence electrons. The van der Waals surface area contributed by atoms with E-state index in [0.29, 0.717) is 29.1 Å². The lowest BCUT2D eigenvalue weighted by molar-refractivity contribution is 0.102. The lowest BCUT2D eigenvalue weighted by atomic mass is 9.87. The van der Waals surface area contributed by atoms with E-state index in [1.807, 2.05) is 98.7 Å². The molecule has 0 heterocycles. The number of hydrogen-bond donors (Lipinski definition) is 3. The van der Waals surface area contributed by atoms with Gasteiger partial charge in [-0.1, -0.05) is 58.0 Å². The number of carbonyl (C=O) groups is 1. The lowest BCUT2D eigenvalue weighted by Gasteiger charge is -2.25. The molecule has 7 heteroatoms. The Hall–Kier alpha value is -4.23. The number of amides is 1. The summed E-state index contributed by atoms with van der Waals surface area (Å²) in [5, 5.41) is 4.71. The van der Waals surface area contributed by atoms with E-state index in [1.54, 1.807) is 12.1 Å². The van der Waals surface area contributed by atoms with Crippen molar-refractivity contribution in [1.29, 1.82) is 0 Å². The van der Waals surface area contributed by atoms with Crippen molar-refractivity contribution < 1.29 is 9.53 Å². The smallest absolute Gasteiger partial charge is 0.255 e. The number of carbonyl (C=O) groups excluding carboxylic acids is 1. The molecule has 40 heavy (non-hydrogen) atoms. The first-order valence-corrected chi connectivity index (χ1v) is 13.5. The number of benzene rings is 3. The predicted octanol–water partition coefficient (Wildman–Crippen LogP) is 6.85. The molecule has 0 saturated carbocycles. The fourth-order valence-corrected chi connectivity index (χ4v) is 4.50. The second-order valence-electron chi connectivity index (χ2n) is 10.9. The largest absolute Gasteiger partial charge is 0.495 e. The van der Waals surface area contributed by atoms with Crippen LogP contribution < -0.4 is 31.5 Å². The van der Waals surface area contributed by atoms with Crippen LogP contribution in [0.25, 0.3) is 0 Å². The second kappa shape index (κ2) is 12.7. The highest BCUT2D eigenvalue weighted by molar-refractivity contribution is 6.05. The minimum atomic E-state index is -0.220. The first-order valence-electron chi connectivity index (χ1n) is 13.5. The van der Waals surface area contributed by atoms with Crippen molar-refractivity contribution in [3.05, 3.63) is 107 Å². The maximum atomic E-state index is 13.3. The SMILES string of the molecule is CC/C(=C(C)\C(N)=C\N(C)c1cc(C(=O)Nc2cc(C(C)(C)C)ccc2OC)ccc1C)N(N)c1ccccc1. The molecule has 0 aromatic heterocycles. The lowest BCUT2D eigenvalue weighted by Crippen LogP contribution is -2.31. The molecule has 0 unspecified atom stereocenters. The van der Waals surface area contributed by atoms with Gasteiger partial charge in [0, 0.05) is 30.2 Å². The Balaban J connectivity index is 1.89. The Morgan fingerprint density at radius 2 is 1.73 bits per heavy atom. The number of nitrogens with two attached hydrogens (primary N) is 2. The molecule has 0 radical (unpaired) electrons. The number of nitrogens with zero attached hydrogens (tertiary/aromatic N) is 2. The van der Waals surface area contributed by atoms with Gasteiger partial charge in [0.05, 0.1) is 24.2 Å². The number of methoxy groups -OCH3 is 1. The van der Waals surface area contributed by atoms with Gasteiger partial charge in [0.1, 0.15) is 5.75 Å². The molecule has 0 spiro atoms.